The van der Waals surface area contributed by atoms with E-state index in [4.69, 9.17) is 15.9 Å². The largest absolute Gasteiger partial charge is 0.506 e. The topological polar surface area (TPSA) is 134 Å². The summed E-state index contributed by atoms with van der Waals surface area (Å²) >= 11 is 0.881. The first-order valence-electron chi connectivity index (χ1n) is 5.23. The highest BCUT2D eigenvalue weighted by Gasteiger charge is 2.19. The molecule has 1 aromatic carbocycles. The predicted octanol–water partition coefficient (Wildman–Crippen LogP) is 0.655. The number of phenolic OH excluding ortho intramolecular Hbond substituents is 1. The number of benzene rings is 1. The Labute approximate surface area is 110 Å². The summed E-state index contributed by atoms with van der Waals surface area (Å²) in [6.07, 6.45) is 0.0351. The molecule has 0 spiro atoms. The summed E-state index contributed by atoms with van der Waals surface area (Å²) in [5, 5.41) is 27.1. The summed E-state index contributed by atoms with van der Waals surface area (Å²) < 4.78 is 0.439. The molecule has 1 aromatic heterocycles. The summed E-state index contributed by atoms with van der Waals surface area (Å²) in [6, 6.07) is 1.77. The Morgan fingerprint density at radius 3 is 2.63 bits per heavy atom. The molecule has 0 aliphatic carbocycles. The van der Waals surface area contributed by atoms with Crippen molar-refractivity contribution in [3.8, 4) is 5.75 Å². The van der Waals surface area contributed by atoms with E-state index in [1.807, 2.05) is 0 Å². The first kappa shape index (κ1) is 13.2. The first-order valence-corrected chi connectivity index (χ1v) is 6.05. The molecule has 0 amide bonds. The summed E-state index contributed by atoms with van der Waals surface area (Å²) in [5.41, 5.74) is 6.15. The molecule has 0 aliphatic heterocycles. The van der Waals surface area contributed by atoms with Crippen LogP contribution in [0.4, 0.5) is 0 Å². The number of hydrogen-bond acceptors (Lipinski definition) is 6. The van der Waals surface area contributed by atoms with Crippen LogP contribution in [0.3, 0.4) is 0 Å². The lowest BCUT2D eigenvalue weighted by atomic mass is 10.1. The van der Waals surface area contributed by atoms with E-state index in [-0.39, 0.29) is 22.7 Å². The second-order valence-corrected chi connectivity index (χ2v) is 4.89. The van der Waals surface area contributed by atoms with Gasteiger partial charge in [-0.2, -0.15) is 0 Å². The van der Waals surface area contributed by atoms with Gasteiger partial charge in [0.2, 0.25) is 5.01 Å². The molecule has 0 fully saturated rings. The Bertz CT molecular complexity index is 666. The highest BCUT2D eigenvalue weighted by Crippen LogP contribution is 2.32. The minimum atomic E-state index is -1.20. The number of hydrogen-bond donors (Lipinski definition) is 4. The van der Waals surface area contributed by atoms with Gasteiger partial charge in [0.1, 0.15) is 17.3 Å². The van der Waals surface area contributed by atoms with E-state index in [0.29, 0.717) is 10.3 Å². The number of thiazole rings is 1. The van der Waals surface area contributed by atoms with E-state index in [0.717, 1.165) is 11.3 Å². The van der Waals surface area contributed by atoms with Crippen LogP contribution < -0.4 is 5.73 Å². The molecule has 1 unspecified atom stereocenters. The number of carbonyl (C=O) groups is 2. The fourth-order valence-corrected chi connectivity index (χ4v) is 2.57. The first-order chi connectivity index (χ1) is 8.90. The molecule has 1 atom stereocenters. The van der Waals surface area contributed by atoms with Gasteiger partial charge in [0.05, 0.1) is 4.70 Å². The third-order valence-electron chi connectivity index (χ3n) is 2.54. The van der Waals surface area contributed by atoms with Gasteiger partial charge in [0.25, 0.3) is 0 Å². The number of rotatable bonds is 4. The SMILES string of the molecule is NC(Cc1ccc(O)c2nc(C(=O)O)sc12)C(=O)O. The smallest absolute Gasteiger partial charge is 0.365 e. The van der Waals surface area contributed by atoms with Gasteiger partial charge in [-0.15, -0.1) is 11.3 Å². The van der Waals surface area contributed by atoms with Crippen LogP contribution in [0, 0.1) is 0 Å². The lowest BCUT2D eigenvalue weighted by Gasteiger charge is -2.07. The molecule has 5 N–H and O–H groups in total. The molecular weight excluding hydrogens is 272 g/mol. The Kier molecular flexibility index (Phi) is 3.36. The van der Waals surface area contributed by atoms with Crippen molar-refractivity contribution in [3.05, 3.63) is 22.7 Å². The zero-order chi connectivity index (χ0) is 14.2. The van der Waals surface area contributed by atoms with Crippen molar-refractivity contribution in [2.24, 2.45) is 5.73 Å². The van der Waals surface area contributed by atoms with E-state index in [9.17, 15) is 14.7 Å². The Morgan fingerprint density at radius 2 is 2.05 bits per heavy atom. The van der Waals surface area contributed by atoms with Gasteiger partial charge in [-0.1, -0.05) is 6.07 Å². The maximum Gasteiger partial charge on any atom is 0.365 e. The van der Waals surface area contributed by atoms with Crippen molar-refractivity contribution in [2.45, 2.75) is 12.5 Å². The zero-order valence-corrected chi connectivity index (χ0v) is 10.3. The fourth-order valence-electron chi connectivity index (χ4n) is 1.62. The second kappa shape index (κ2) is 4.82. The third kappa shape index (κ3) is 2.49. The number of aromatic hydroxyl groups is 1. The monoisotopic (exact) mass is 282 g/mol. The quantitative estimate of drug-likeness (QED) is 0.647. The molecule has 8 heteroatoms. The minimum Gasteiger partial charge on any atom is -0.506 e. The van der Waals surface area contributed by atoms with Crippen LogP contribution in [0.25, 0.3) is 10.2 Å². The highest BCUT2D eigenvalue weighted by atomic mass is 32.1. The van der Waals surface area contributed by atoms with Crippen LogP contribution in [0.1, 0.15) is 15.4 Å². The molecule has 0 radical (unpaired) electrons. The van der Waals surface area contributed by atoms with Crippen molar-refractivity contribution < 1.29 is 24.9 Å². The molecule has 2 rings (SSSR count). The number of nitrogens with zero attached hydrogens (tertiary/aromatic N) is 1. The molecule has 0 saturated carbocycles. The van der Waals surface area contributed by atoms with Crippen LogP contribution in [-0.4, -0.2) is 38.3 Å². The number of aromatic carboxylic acids is 1. The van der Waals surface area contributed by atoms with Crippen molar-refractivity contribution in [1.82, 2.24) is 4.98 Å². The van der Waals surface area contributed by atoms with Crippen LogP contribution in [0.5, 0.6) is 5.75 Å². The molecule has 2 aromatic rings. The summed E-state index contributed by atoms with van der Waals surface area (Å²) in [4.78, 5) is 25.4. The molecule has 0 bridgehead atoms. The number of aromatic nitrogens is 1. The Hall–Kier alpha value is -2.19. The van der Waals surface area contributed by atoms with Crippen LogP contribution in [0.2, 0.25) is 0 Å². The highest BCUT2D eigenvalue weighted by molar-refractivity contribution is 7.20. The molecule has 7 nitrogen and oxygen atoms in total. The Balaban J connectivity index is 2.53. The molecule has 19 heavy (non-hydrogen) atoms. The third-order valence-corrected chi connectivity index (χ3v) is 3.66. The van der Waals surface area contributed by atoms with Gasteiger partial charge in [0.15, 0.2) is 0 Å². The maximum atomic E-state index is 10.9. The zero-order valence-electron chi connectivity index (χ0n) is 9.53. The fraction of sp³-hybridized carbons (Fsp3) is 0.182. The van der Waals surface area contributed by atoms with Gasteiger partial charge < -0.3 is 21.1 Å². The van der Waals surface area contributed by atoms with Gasteiger partial charge in [-0.05, 0) is 18.1 Å². The van der Waals surface area contributed by atoms with Crippen molar-refractivity contribution in [3.63, 3.8) is 0 Å². The molecule has 100 valence electrons. The normalized spacial score (nSPS) is 12.5. The van der Waals surface area contributed by atoms with Crippen LogP contribution in [0.15, 0.2) is 12.1 Å². The number of aliphatic carboxylic acids is 1. The van der Waals surface area contributed by atoms with Gasteiger partial charge in [0, 0.05) is 0 Å². The van der Waals surface area contributed by atoms with E-state index in [2.05, 4.69) is 4.98 Å². The number of fused-ring (bicyclic) bond motifs is 1. The maximum absolute atomic E-state index is 10.9. The summed E-state index contributed by atoms with van der Waals surface area (Å²) in [5.74, 6) is -2.50. The van der Waals surface area contributed by atoms with Gasteiger partial charge >= 0.3 is 11.9 Å². The second-order valence-electron chi connectivity index (χ2n) is 3.89. The average Bonchev–Trinajstić information content (AvgIpc) is 2.78. The van der Waals surface area contributed by atoms with Crippen molar-refractivity contribution >= 4 is 33.5 Å². The van der Waals surface area contributed by atoms with Crippen molar-refractivity contribution in [2.75, 3.05) is 0 Å². The number of phenols is 1. The lowest BCUT2D eigenvalue weighted by Crippen LogP contribution is -2.32. The molecule has 0 saturated heterocycles. The predicted molar refractivity (Wildman–Crippen MR) is 67.6 cm³/mol. The summed E-state index contributed by atoms with van der Waals surface area (Å²) in [7, 11) is 0. The molecule has 1 heterocycles. The van der Waals surface area contributed by atoms with E-state index < -0.39 is 18.0 Å². The summed E-state index contributed by atoms with van der Waals surface area (Å²) in [6.45, 7) is 0. The van der Waals surface area contributed by atoms with Crippen LogP contribution in [-0.2, 0) is 11.2 Å². The standard InChI is InChI=1S/C11H10N2O5S/c12-5(10(15)16)3-4-1-2-6(14)7-8(4)19-9(13-7)11(17)18/h1-2,5,14H,3,12H2,(H,15,16)(H,17,18). The molecule has 0 aliphatic rings. The average molecular weight is 282 g/mol. The van der Waals surface area contributed by atoms with E-state index in [1.165, 1.54) is 12.1 Å². The number of carboxylic acids is 2. The number of carboxylic acid groups (broad SMARTS) is 2. The lowest BCUT2D eigenvalue weighted by molar-refractivity contribution is -0.138. The van der Waals surface area contributed by atoms with E-state index in [1.54, 1.807) is 0 Å². The van der Waals surface area contributed by atoms with Crippen molar-refractivity contribution in [1.29, 1.82) is 0 Å². The molecular formula is C11H10N2O5S. The number of nitrogens with two attached hydrogens (primary N) is 1. The van der Waals surface area contributed by atoms with Crippen LogP contribution >= 0.6 is 11.3 Å². The van der Waals surface area contributed by atoms with Gasteiger partial charge in [-0.3, -0.25) is 4.79 Å². The Morgan fingerprint density at radius 1 is 1.37 bits per heavy atom. The minimum absolute atomic E-state index is 0.0351. The van der Waals surface area contributed by atoms with Gasteiger partial charge in [-0.25, -0.2) is 9.78 Å². The van der Waals surface area contributed by atoms with E-state index >= 15 is 0 Å².